The molecule has 0 aliphatic carbocycles. The van der Waals surface area contributed by atoms with Crippen LogP contribution < -0.4 is 4.89 Å². The fourth-order valence-electron chi connectivity index (χ4n) is 6.07. The van der Waals surface area contributed by atoms with Crippen LogP contribution in [0.2, 0.25) is 0 Å². The van der Waals surface area contributed by atoms with Crippen LogP contribution in [0.5, 0.6) is 0 Å². The average molecular weight is 862 g/mol. The number of hydrogen-bond acceptors (Lipinski definition) is 8. The Labute approximate surface area is 368 Å². The van der Waals surface area contributed by atoms with E-state index in [0.717, 1.165) is 83.5 Å². The van der Waals surface area contributed by atoms with Gasteiger partial charge in [-0.25, -0.2) is 0 Å². The zero-order valence-electron chi connectivity index (χ0n) is 38.9. The van der Waals surface area contributed by atoms with E-state index in [1.54, 1.807) is 0 Å². The van der Waals surface area contributed by atoms with Gasteiger partial charge in [0.25, 0.3) is 7.82 Å². The molecule has 0 N–H and O–H groups in total. The van der Waals surface area contributed by atoms with Gasteiger partial charge in [0.2, 0.25) is 0 Å². The topological polar surface area (TPSA) is 111 Å². The van der Waals surface area contributed by atoms with Crippen molar-refractivity contribution in [1.29, 1.82) is 0 Å². The van der Waals surface area contributed by atoms with Crippen molar-refractivity contribution < 1.29 is 42.1 Å². The number of likely N-dealkylation sites (N-methyl/N-ethyl adjacent to an activating group) is 1. The Morgan fingerprint density at radius 2 is 0.950 bits per heavy atom. The lowest BCUT2D eigenvalue weighted by atomic mass is 10.1. The van der Waals surface area contributed by atoms with Gasteiger partial charge in [-0.3, -0.25) is 14.2 Å². The van der Waals surface area contributed by atoms with Gasteiger partial charge in [-0.05, 0) is 64.2 Å². The van der Waals surface area contributed by atoms with E-state index >= 15 is 0 Å². The Kier molecular flexibility index (Phi) is 40.0. The van der Waals surface area contributed by atoms with E-state index in [-0.39, 0.29) is 26.1 Å². The zero-order chi connectivity index (χ0) is 44.3. The Morgan fingerprint density at radius 1 is 0.533 bits per heavy atom. The summed E-state index contributed by atoms with van der Waals surface area (Å²) in [4.78, 5) is 37.5. The van der Waals surface area contributed by atoms with Crippen molar-refractivity contribution in [2.75, 3.05) is 47.5 Å². The predicted octanol–water partition coefficient (Wildman–Crippen LogP) is 13.2. The lowest BCUT2D eigenvalue weighted by molar-refractivity contribution is -0.870. The van der Waals surface area contributed by atoms with Gasteiger partial charge in [0, 0.05) is 12.8 Å². The van der Waals surface area contributed by atoms with Crippen molar-refractivity contribution in [3.8, 4) is 0 Å². The Morgan fingerprint density at radius 3 is 1.42 bits per heavy atom. The molecule has 0 aliphatic heterocycles. The fourth-order valence-corrected chi connectivity index (χ4v) is 6.80. The second-order valence-corrected chi connectivity index (χ2v) is 18.2. The van der Waals surface area contributed by atoms with Gasteiger partial charge in [-0.15, -0.1) is 0 Å². The third-order valence-electron chi connectivity index (χ3n) is 9.74. The first-order chi connectivity index (χ1) is 29.0. The number of allylic oxidation sites excluding steroid dienone is 12. The SMILES string of the molecule is CC/C=C\C/C=C\C/C=C\C/C=C\C/C=C\C/C=C\CCCCCCCCCCC(=O)OC(COC(=O)CCCCCCCCCCC)COP(=O)([O-])OCC[N+](C)(C)C. The van der Waals surface area contributed by atoms with Crippen molar-refractivity contribution in [2.24, 2.45) is 0 Å². The number of unbranched alkanes of at least 4 members (excludes halogenated alkanes) is 16. The van der Waals surface area contributed by atoms with E-state index in [4.69, 9.17) is 18.5 Å². The minimum Gasteiger partial charge on any atom is -0.756 e. The molecule has 60 heavy (non-hydrogen) atoms. The predicted molar refractivity (Wildman–Crippen MR) is 249 cm³/mol. The summed E-state index contributed by atoms with van der Waals surface area (Å²) < 4.78 is 33.9. The monoisotopic (exact) mass is 862 g/mol. The van der Waals surface area contributed by atoms with Gasteiger partial charge in [0.1, 0.15) is 19.8 Å². The maximum atomic E-state index is 12.7. The molecule has 0 spiro atoms. The molecule has 0 fully saturated rings. The van der Waals surface area contributed by atoms with Crippen LogP contribution in [-0.2, 0) is 32.7 Å². The maximum absolute atomic E-state index is 12.7. The molecular weight excluding hydrogens is 774 g/mol. The second-order valence-electron chi connectivity index (χ2n) is 16.7. The molecule has 0 heterocycles. The van der Waals surface area contributed by atoms with Crippen LogP contribution in [-0.4, -0.2) is 70.0 Å². The summed E-state index contributed by atoms with van der Waals surface area (Å²) in [6.07, 6.45) is 52.3. The number of quaternary nitrogens is 1. The van der Waals surface area contributed by atoms with Crippen molar-refractivity contribution >= 4 is 19.8 Å². The minimum atomic E-state index is -4.63. The van der Waals surface area contributed by atoms with E-state index in [0.29, 0.717) is 17.4 Å². The van der Waals surface area contributed by atoms with E-state index in [1.165, 1.54) is 64.2 Å². The highest BCUT2D eigenvalue weighted by Crippen LogP contribution is 2.38. The van der Waals surface area contributed by atoms with Crippen molar-refractivity contribution in [3.63, 3.8) is 0 Å². The lowest BCUT2D eigenvalue weighted by Gasteiger charge is -2.28. The van der Waals surface area contributed by atoms with Crippen LogP contribution in [0.4, 0.5) is 0 Å². The smallest absolute Gasteiger partial charge is 0.306 e. The standard InChI is InChI=1S/C50H88NO8P/c1-6-8-10-12-14-16-17-18-19-20-21-22-23-24-25-26-27-28-29-30-31-32-33-35-37-39-41-43-50(53)59-48(47-58-60(54,55)57-45-44-51(3,4)5)46-56-49(52)42-40-38-36-34-15-13-11-9-7-2/h8,10,14,16,18-19,21-22,24-25,27-28,48H,6-7,9,11-13,15,17,20,23,26,29-47H2,1-5H3/b10-8-,16-14-,19-18-,22-21-,25-24-,28-27-. The van der Waals surface area contributed by atoms with Gasteiger partial charge < -0.3 is 27.9 Å². The molecule has 0 aliphatic rings. The molecule has 0 rings (SSSR count). The van der Waals surface area contributed by atoms with E-state index in [1.807, 2.05) is 21.1 Å². The molecule has 2 atom stereocenters. The Bertz CT molecular complexity index is 1250. The minimum absolute atomic E-state index is 0.0349. The molecule has 9 nitrogen and oxygen atoms in total. The van der Waals surface area contributed by atoms with Crippen LogP contribution in [0, 0.1) is 0 Å². The van der Waals surface area contributed by atoms with Crippen LogP contribution >= 0.6 is 7.82 Å². The van der Waals surface area contributed by atoms with E-state index in [9.17, 15) is 19.0 Å². The summed E-state index contributed by atoms with van der Waals surface area (Å²) in [5, 5.41) is 0. The first-order valence-electron chi connectivity index (χ1n) is 23.6. The highest BCUT2D eigenvalue weighted by atomic mass is 31.2. The van der Waals surface area contributed by atoms with Crippen molar-refractivity contribution in [3.05, 3.63) is 72.9 Å². The molecule has 346 valence electrons. The summed E-state index contributed by atoms with van der Waals surface area (Å²) in [7, 11) is 1.15. The number of carbonyl (C=O) groups is 2. The fraction of sp³-hybridized carbons (Fsp3) is 0.720. The zero-order valence-corrected chi connectivity index (χ0v) is 39.8. The number of ether oxygens (including phenoxy) is 2. The lowest BCUT2D eigenvalue weighted by Crippen LogP contribution is -2.37. The number of nitrogens with zero attached hydrogens (tertiary/aromatic N) is 1. The maximum Gasteiger partial charge on any atom is 0.306 e. The molecule has 0 saturated carbocycles. The molecule has 0 amide bonds. The summed E-state index contributed by atoms with van der Waals surface area (Å²) in [5.74, 6) is -0.850. The quantitative estimate of drug-likeness (QED) is 0.0196. The molecule has 0 saturated heterocycles. The first kappa shape index (κ1) is 57.4. The summed E-state index contributed by atoms with van der Waals surface area (Å²) in [6.45, 7) is 4.07. The number of carbonyl (C=O) groups excluding carboxylic acids is 2. The van der Waals surface area contributed by atoms with E-state index < -0.39 is 32.5 Å². The van der Waals surface area contributed by atoms with E-state index in [2.05, 4.69) is 86.8 Å². The van der Waals surface area contributed by atoms with Crippen LogP contribution in [0.25, 0.3) is 0 Å². The highest BCUT2D eigenvalue weighted by Gasteiger charge is 2.21. The molecule has 2 unspecified atom stereocenters. The largest absolute Gasteiger partial charge is 0.756 e. The van der Waals surface area contributed by atoms with Crippen LogP contribution in [0.1, 0.15) is 181 Å². The first-order valence-corrected chi connectivity index (χ1v) is 25.1. The normalized spacial score (nSPS) is 14.2. The average Bonchev–Trinajstić information content (AvgIpc) is 3.20. The Balaban J connectivity index is 4.21. The van der Waals surface area contributed by atoms with Crippen LogP contribution in [0.3, 0.4) is 0 Å². The van der Waals surface area contributed by atoms with Crippen molar-refractivity contribution in [2.45, 2.75) is 187 Å². The number of phosphoric ester groups is 1. The summed E-state index contributed by atoms with van der Waals surface area (Å²) in [6, 6.07) is 0. The molecule has 0 bridgehead atoms. The Hall–Kier alpha value is -2.55. The number of esters is 2. The van der Waals surface area contributed by atoms with Crippen molar-refractivity contribution in [1.82, 2.24) is 0 Å². The third-order valence-corrected chi connectivity index (χ3v) is 10.7. The highest BCUT2D eigenvalue weighted by molar-refractivity contribution is 7.45. The van der Waals surface area contributed by atoms with Gasteiger partial charge in [0.05, 0.1) is 27.7 Å². The summed E-state index contributed by atoms with van der Waals surface area (Å²) >= 11 is 0. The third kappa shape index (κ3) is 45.0. The number of hydrogen-bond donors (Lipinski definition) is 0. The van der Waals surface area contributed by atoms with Gasteiger partial charge in [-0.1, -0.05) is 177 Å². The molecule has 0 aromatic rings. The molecular formula is C50H88NO8P. The number of rotatable bonds is 42. The molecule has 0 radical (unpaired) electrons. The van der Waals surface area contributed by atoms with Gasteiger partial charge in [-0.2, -0.15) is 0 Å². The molecule has 0 aromatic carbocycles. The second kappa shape index (κ2) is 41.8. The molecule has 0 aromatic heterocycles. The molecule has 10 heteroatoms. The number of phosphoric acid groups is 1. The van der Waals surface area contributed by atoms with Gasteiger partial charge in [0.15, 0.2) is 6.10 Å². The van der Waals surface area contributed by atoms with Gasteiger partial charge >= 0.3 is 11.9 Å². The summed E-state index contributed by atoms with van der Waals surface area (Å²) in [5.41, 5.74) is 0. The van der Waals surface area contributed by atoms with Crippen LogP contribution in [0.15, 0.2) is 72.9 Å².